The van der Waals surface area contributed by atoms with Gasteiger partial charge in [0.25, 0.3) is 0 Å². The Bertz CT molecular complexity index is 476. The topological polar surface area (TPSA) is 36.3 Å². The minimum Gasteiger partial charge on any atom is -0.493 e. The molecule has 2 rings (SSSR count). The maximum atomic E-state index is 9.19. The van der Waals surface area contributed by atoms with Crippen LogP contribution in [0.25, 0.3) is 0 Å². The van der Waals surface area contributed by atoms with E-state index < -0.39 is 0 Å². The van der Waals surface area contributed by atoms with Crippen LogP contribution in [0.2, 0.25) is 0 Å². The Labute approximate surface area is 115 Å². The molecule has 0 radical (unpaired) electrons. The van der Waals surface area contributed by atoms with E-state index in [0.717, 1.165) is 31.7 Å². The molecule has 1 aliphatic rings. The molecule has 0 fully saturated rings. The molecule has 1 atom stereocenters. The van der Waals surface area contributed by atoms with Crippen molar-refractivity contribution < 1.29 is 4.74 Å². The van der Waals surface area contributed by atoms with Gasteiger partial charge in [0.1, 0.15) is 5.75 Å². The van der Waals surface area contributed by atoms with E-state index in [9.17, 15) is 5.26 Å². The normalized spacial score (nSPS) is 15.3. The molecule has 0 saturated carbocycles. The van der Waals surface area contributed by atoms with Gasteiger partial charge in [-0.1, -0.05) is 13.8 Å². The summed E-state index contributed by atoms with van der Waals surface area (Å²) in [6.45, 7) is 5.80. The molecule has 102 valence electrons. The van der Waals surface area contributed by atoms with Gasteiger partial charge in [-0.05, 0) is 42.5 Å². The first kappa shape index (κ1) is 13.7. The van der Waals surface area contributed by atoms with Crippen LogP contribution in [0.1, 0.15) is 25.8 Å². The van der Waals surface area contributed by atoms with Crippen LogP contribution in [0.15, 0.2) is 18.2 Å². The molecule has 0 spiro atoms. The van der Waals surface area contributed by atoms with E-state index in [-0.39, 0.29) is 5.92 Å². The van der Waals surface area contributed by atoms with E-state index in [1.165, 1.54) is 11.3 Å². The predicted molar refractivity (Wildman–Crippen MR) is 77.5 cm³/mol. The molecule has 3 heteroatoms. The summed E-state index contributed by atoms with van der Waals surface area (Å²) in [5.74, 6) is 1.47. The maximum absolute atomic E-state index is 9.19. The van der Waals surface area contributed by atoms with Gasteiger partial charge in [-0.3, -0.25) is 0 Å². The Balaban J connectivity index is 2.11. The largest absolute Gasteiger partial charge is 0.493 e. The van der Waals surface area contributed by atoms with Gasteiger partial charge >= 0.3 is 0 Å². The van der Waals surface area contributed by atoms with Crippen molar-refractivity contribution in [2.75, 3.05) is 25.1 Å². The fraction of sp³-hybridized carbons (Fsp3) is 0.562. The second kappa shape index (κ2) is 5.97. The van der Waals surface area contributed by atoms with Gasteiger partial charge in [0.2, 0.25) is 0 Å². The summed E-state index contributed by atoms with van der Waals surface area (Å²) in [6.07, 6.45) is 2.18. The monoisotopic (exact) mass is 258 g/mol. The van der Waals surface area contributed by atoms with Gasteiger partial charge in [-0.15, -0.1) is 0 Å². The quantitative estimate of drug-likeness (QED) is 0.831. The zero-order chi connectivity index (χ0) is 13.8. The standard InChI is InChI=1S/C16H22N2O/c1-12(2)14(10-17)11-18(3)15-6-7-16-13(9-15)5-4-8-19-16/h6-7,9,12,14H,4-5,8,11H2,1-3H3. The number of nitrogens with zero attached hydrogens (tertiary/aromatic N) is 2. The minimum atomic E-state index is 0.0669. The van der Waals surface area contributed by atoms with Crippen molar-refractivity contribution in [1.82, 2.24) is 0 Å². The molecule has 0 amide bonds. The van der Waals surface area contributed by atoms with E-state index in [4.69, 9.17) is 4.74 Å². The molecular weight excluding hydrogens is 236 g/mol. The number of fused-ring (bicyclic) bond motifs is 1. The molecule has 1 aromatic carbocycles. The van der Waals surface area contributed by atoms with Gasteiger partial charge in [-0.25, -0.2) is 0 Å². The Morgan fingerprint density at radius 1 is 1.42 bits per heavy atom. The van der Waals surface area contributed by atoms with E-state index in [1.807, 2.05) is 0 Å². The number of rotatable bonds is 4. The van der Waals surface area contributed by atoms with E-state index in [2.05, 4.69) is 50.1 Å². The number of hydrogen-bond donors (Lipinski definition) is 0. The minimum absolute atomic E-state index is 0.0669. The van der Waals surface area contributed by atoms with Crippen molar-refractivity contribution in [3.05, 3.63) is 23.8 Å². The summed E-state index contributed by atoms with van der Waals surface area (Å²) in [4.78, 5) is 2.17. The SMILES string of the molecule is CC(C)C(C#N)CN(C)c1ccc2c(c1)CCCO2. The lowest BCUT2D eigenvalue weighted by Gasteiger charge is -2.26. The fourth-order valence-electron chi connectivity index (χ4n) is 2.39. The summed E-state index contributed by atoms with van der Waals surface area (Å²) in [7, 11) is 2.05. The highest BCUT2D eigenvalue weighted by Gasteiger charge is 2.17. The summed E-state index contributed by atoms with van der Waals surface area (Å²) < 4.78 is 5.63. The molecule has 0 saturated heterocycles. The first-order valence-electron chi connectivity index (χ1n) is 6.98. The molecule has 1 aromatic rings. The first-order valence-corrected chi connectivity index (χ1v) is 6.98. The molecule has 1 unspecified atom stereocenters. The second-order valence-electron chi connectivity index (χ2n) is 5.60. The van der Waals surface area contributed by atoms with Crippen molar-refractivity contribution in [3.63, 3.8) is 0 Å². The molecule has 0 aliphatic carbocycles. The van der Waals surface area contributed by atoms with Gasteiger partial charge in [0.15, 0.2) is 0 Å². The molecule has 0 aromatic heterocycles. The third kappa shape index (κ3) is 3.20. The van der Waals surface area contributed by atoms with Crippen LogP contribution in [-0.2, 0) is 6.42 Å². The fourth-order valence-corrected chi connectivity index (χ4v) is 2.39. The van der Waals surface area contributed by atoms with Crippen LogP contribution < -0.4 is 9.64 Å². The van der Waals surface area contributed by atoms with Crippen LogP contribution >= 0.6 is 0 Å². The highest BCUT2D eigenvalue weighted by atomic mass is 16.5. The van der Waals surface area contributed by atoms with Crippen molar-refractivity contribution in [2.45, 2.75) is 26.7 Å². The molecule has 1 aliphatic heterocycles. The van der Waals surface area contributed by atoms with Crippen LogP contribution in [0.4, 0.5) is 5.69 Å². The van der Waals surface area contributed by atoms with E-state index in [1.54, 1.807) is 0 Å². The predicted octanol–water partition coefficient (Wildman–Crippen LogP) is 3.24. The average Bonchev–Trinajstić information content (AvgIpc) is 2.43. The Morgan fingerprint density at radius 2 is 2.21 bits per heavy atom. The highest BCUT2D eigenvalue weighted by Crippen LogP contribution is 2.29. The number of nitriles is 1. The average molecular weight is 258 g/mol. The van der Waals surface area contributed by atoms with Crippen LogP contribution in [0.5, 0.6) is 5.75 Å². The molecular formula is C16H22N2O. The molecule has 19 heavy (non-hydrogen) atoms. The van der Waals surface area contributed by atoms with Crippen LogP contribution in [-0.4, -0.2) is 20.2 Å². The first-order chi connectivity index (χ1) is 9.11. The zero-order valence-corrected chi connectivity index (χ0v) is 12.0. The number of ether oxygens (including phenoxy) is 1. The van der Waals surface area contributed by atoms with Gasteiger partial charge in [0, 0.05) is 19.3 Å². The summed E-state index contributed by atoms with van der Waals surface area (Å²) in [5.41, 5.74) is 2.46. The number of benzene rings is 1. The lowest BCUT2D eigenvalue weighted by atomic mass is 9.96. The second-order valence-corrected chi connectivity index (χ2v) is 5.60. The highest BCUT2D eigenvalue weighted by molar-refractivity contribution is 5.53. The summed E-state index contributed by atoms with van der Waals surface area (Å²) >= 11 is 0. The molecule has 1 heterocycles. The van der Waals surface area contributed by atoms with Gasteiger partial charge in [-0.2, -0.15) is 5.26 Å². The molecule has 0 bridgehead atoms. The third-order valence-electron chi connectivity index (χ3n) is 3.77. The van der Waals surface area contributed by atoms with Crippen molar-refractivity contribution >= 4 is 5.69 Å². The lowest BCUT2D eigenvalue weighted by Crippen LogP contribution is -2.27. The molecule has 0 N–H and O–H groups in total. The number of hydrogen-bond acceptors (Lipinski definition) is 3. The summed E-state index contributed by atoms with van der Waals surface area (Å²) in [5, 5.41) is 9.19. The zero-order valence-electron chi connectivity index (χ0n) is 12.0. The molecule has 3 nitrogen and oxygen atoms in total. The Morgan fingerprint density at radius 3 is 2.89 bits per heavy atom. The van der Waals surface area contributed by atoms with Crippen LogP contribution in [0, 0.1) is 23.2 Å². The number of aryl methyl sites for hydroxylation is 1. The summed E-state index contributed by atoms with van der Waals surface area (Å²) in [6, 6.07) is 8.73. The van der Waals surface area contributed by atoms with Gasteiger partial charge in [0.05, 0.1) is 18.6 Å². The van der Waals surface area contributed by atoms with Crippen molar-refractivity contribution in [1.29, 1.82) is 5.26 Å². The third-order valence-corrected chi connectivity index (χ3v) is 3.77. The van der Waals surface area contributed by atoms with Crippen molar-refractivity contribution in [3.8, 4) is 11.8 Å². The maximum Gasteiger partial charge on any atom is 0.122 e. The van der Waals surface area contributed by atoms with Gasteiger partial charge < -0.3 is 9.64 Å². The lowest BCUT2D eigenvalue weighted by molar-refractivity contribution is 0.288. The van der Waals surface area contributed by atoms with Crippen LogP contribution in [0.3, 0.4) is 0 Å². The number of anilines is 1. The van der Waals surface area contributed by atoms with Crippen molar-refractivity contribution in [2.24, 2.45) is 11.8 Å². The smallest absolute Gasteiger partial charge is 0.122 e. The van der Waals surface area contributed by atoms with E-state index in [0.29, 0.717) is 5.92 Å². The van der Waals surface area contributed by atoms with E-state index >= 15 is 0 Å². The Kier molecular flexibility index (Phi) is 4.31. The Hall–Kier alpha value is -1.69.